The standard InChI is InChI=1S/C17H20ClN3O2/c1-10(13-4-6-14(18)7-5-13)20-16(22)9-8-15-11(2)19-12(3)21-17(15)23/h4-7,10H,8-9H2,1-3H3,(H,20,22)(H,19,21,23)/t10-/m0/s1. The van der Waals surface area contributed by atoms with E-state index < -0.39 is 0 Å². The predicted molar refractivity (Wildman–Crippen MR) is 90.7 cm³/mol. The SMILES string of the molecule is Cc1nc(C)c(CCC(=O)N[C@@H](C)c2ccc(Cl)cc2)c(=O)[nH]1. The van der Waals surface area contributed by atoms with Crippen LogP contribution in [0.2, 0.25) is 5.02 Å². The minimum absolute atomic E-state index is 0.105. The molecule has 1 heterocycles. The van der Waals surface area contributed by atoms with E-state index in [1.807, 2.05) is 19.1 Å². The molecule has 1 aromatic carbocycles. The topological polar surface area (TPSA) is 74.8 Å². The second kappa shape index (κ2) is 7.42. The molecule has 0 saturated heterocycles. The van der Waals surface area contributed by atoms with Crippen LogP contribution in [0.25, 0.3) is 0 Å². The summed E-state index contributed by atoms with van der Waals surface area (Å²) in [7, 11) is 0. The van der Waals surface area contributed by atoms with Gasteiger partial charge >= 0.3 is 0 Å². The zero-order chi connectivity index (χ0) is 17.0. The minimum atomic E-state index is -0.173. The normalized spacial score (nSPS) is 12.0. The van der Waals surface area contributed by atoms with Gasteiger partial charge in [-0.3, -0.25) is 9.59 Å². The third-order valence-corrected chi connectivity index (χ3v) is 3.94. The first-order valence-corrected chi connectivity index (χ1v) is 7.86. The number of aromatic nitrogens is 2. The molecule has 0 saturated carbocycles. The lowest BCUT2D eigenvalue weighted by Gasteiger charge is -2.14. The lowest BCUT2D eigenvalue weighted by Crippen LogP contribution is -2.28. The number of hydrogen-bond acceptors (Lipinski definition) is 3. The molecule has 0 aliphatic carbocycles. The largest absolute Gasteiger partial charge is 0.350 e. The van der Waals surface area contributed by atoms with Crippen LogP contribution in [0.3, 0.4) is 0 Å². The number of carbonyl (C=O) groups excluding carboxylic acids is 1. The monoisotopic (exact) mass is 333 g/mol. The van der Waals surface area contributed by atoms with Crippen molar-refractivity contribution in [1.29, 1.82) is 0 Å². The number of amides is 1. The number of hydrogen-bond donors (Lipinski definition) is 2. The number of rotatable bonds is 5. The zero-order valence-electron chi connectivity index (χ0n) is 13.4. The number of nitrogens with one attached hydrogen (secondary N) is 2. The quantitative estimate of drug-likeness (QED) is 0.883. The molecule has 1 aromatic heterocycles. The highest BCUT2D eigenvalue weighted by atomic mass is 35.5. The predicted octanol–water partition coefficient (Wildman–Crippen LogP) is 2.85. The minimum Gasteiger partial charge on any atom is -0.350 e. The molecule has 0 aliphatic heterocycles. The maximum absolute atomic E-state index is 12.1. The first-order chi connectivity index (χ1) is 10.9. The van der Waals surface area contributed by atoms with Crippen molar-refractivity contribution in [3.8, 4) is 0 Å². The van der Waals surface area contributed by atoms with Crippen LogP contribution < -0.4 is 10.9 Å². The summed E-state index contributed by atoms with van der Waals surface area (Å²) in [4.78, 5) is 30.9. The summed E-state index contributed by atoms with van der Waals surface area (Å²) in [6, 6.07) is 7.23. The summed E-state index contributed by atoms with van der Waals surface area (Å²) in [5, 5.41) is 3.58. The maximum Gasteiger partial charge on any atom is 0.254 e. The van der Waals surface area contributed by atoms with E-state index >= 15 is 0 Å². The number of carbonyl (C=O) groups is 1. The van der Waals surface area contributed by atoms with E-state index in [1.54, 1.807) is 26.0 Å². The van der Waals surface area contributed by atoms with Crippen molar-refractivity contribution in [1.82, 2.24) is 15.3 Å². The fraction of sp³-hybridized carbons (Fsp3) is 0.353. The van der Waals surface area contributed by atoms with Crippen molar-refractivity contribution >= 4 is 17.5 Å². The van der Waals surface area contributed by atoms with Gasteiger partial charge in [0.2, 0.25) is 5.91 Å². The molecule has 2 N–H and O–H groups in total. The Kier molecular flexibility index (Phi) is 5.55. The van der Waals surface area contributed by atoms with Gasteiger partial charge in [-0.2, -0.15) is 0 Å². The van der Waals surface area contributed by atoms with Gasteiger partial charge in [0, 0.05) is 22.7 Å². The Morgan fingerprint density at radius 2 is 1.96 bits per heavy atom. The number of benzene rings is 1. The third-order valence-electron chi connectivity index (χ3n) is 3.69. The Balaban J connectivity index is 1.95. The molecule has 6 heteroatoms. The van der Waals surface area contributed by atoms with Gasteiger partial charge in [-0.1, -0.05) is 23.7 Å². The number of aryl methyl sites for hydroxylation is 2. The molecule has 5 nitrogen and oxygen atoms in total. The molecule has 1 atom stereocenters. The second-order valence-electron chi connectivity index (χ2n) is 5.56. The van der Waals surface area contributed by atoms with E-state index in [0.29, 0.717) is 28.5 Å². The molecule has 0 unspecified atom stereocenters. The van der Waals surface area contributed by atoms with E-state index in [4.69, 9.17) is 11.6 Å². The highest BCUT2D eigenvalue weighted by molar-refractivity contribution is 6.30. The van der Waals surface area contributed by atoms with E-state index in [2.05, 4.69) is 15.3 Å². The van der Waals surface area contributed by atoms with Crippen LogP contribution in [0.4, 0.5) is 0 Å². The number of H-pyrrole nitrogens is 1. The van der Waals surface area contributed by atoms with Crippen LogP contribution in [-0.2, 0) is 11.2 Å². The molecule has 0 aliphatic rings. The number of aromatic amines is 1. The van der Waals surface area contributed by atoms with Gasteiger partial charge in [-0.25, -0.2) is 4.98 Å². The fourth-order valence-electron chi connectivity index (χ4n) is 2.43. The molecular weight excluding hydrogens is 314 g/mol. The van der Waals surface area contributed by atoms with Crippen molar-refractivity contribution < 1.29 is 4.79 Å². The van der Waals surface area contributed by atoms with E-state index in [1.165, 1.54) is 0 Å². The van der Waals surface area contributed by atoms with Crippen molar-refractivity contribution in [2.45, 2.75) is 39.7 Å². The van der Waals surface area contributed by atoms with Gasteiger partial charge in [0.25, 0.3) is 5.56 Å². The molecule has 2 rings (SSSR count). The zero-order valence-corrected chi connectivity index (χ0v) is 14.2. The van der Waals surface area contributed by atoms with Crippen molar-refractivity contribution in [2.75, 3.05) is 0 Å². The summed E-state index contributed by atoms with van der Waals surface area (Å²) in [5.74, 6) is 0.476. The molecule has 2 aromatic rings. The van der Waals surface area contributed by atoms with Crippen molar-refractivity contribution in [2.24, 2.45) is 0 Å². The molecule has 23 heavy (non-hydrogen) atoms. The van der Waals surface area contributed by atoms with Crippen LogP contribution in [0.5, 0.6) is 0 Å². The van der Waals surface area contributed by atoms with Gasteiger partial charge in [0.05, 0.1) is 6.04 Å². The van der Waals surface area contributed by atoms with Crippen LogP contribution in [-0.4, -0.2) is 15.9 Å². The molecule has 0 spiro atoms. The van der Waals surface area contributed by atoms with Crippen molar-refractivity contribution in [3.05, 3.63) is 62.3 Å². The highest BCUT2D eigenvalue weighted by Crippen LogP contribution is 2.16. The average Bonchev–Trinajstić information content (AvgIpc) is 2.46. The summed E-state index contributed by atoms with van der Waals surface area (Å²) in [6.07, 6.45) is 0.611. The summed E-state index contributed by atoms with van der Waals surface area (Å²) in [6.45, 7) is 5.43. The van der Waals surface area contributed by atoms with Gasteiger partial charge in [-0.05, 0) is 44.9 Å². The van der Waals surface area contributed by atoms with Gasteiger partial charge < -0.3 is 10.3 Å². The molecule has 0 bridgehead atoms. The third kappa shape index (κ3) is 4.66. The second-order valence-corrected chi connectivity index (χ2v) is 5.99. The summed E-state index contributed by atoms with van der Waals surface area (Å²) >= 11 is 5.85. The van der Waals surface area contributed by atoms with Gasteiger partial charge in [0.15, 0.2) is 0 Å². The molecule has 0 fully saturated rings. The Morgan fingerprint density at radius 3 is 2.57 bits per heavy atom. The smallest absolute Gasteiger partial charge is 0.254 e. The number of halogens is 1. The van der Waals surface area contributed by atoms with E-state index in [0.717, 1.165) is 5.56 Å². The van der Waals surface area contributed by atoms with Crippen LogP contribution in [0.1, 0.15) is 42.0 Å². The van der Waals surface area contributed by atoms with Crippen LogP contribution in [0.15, 0.2) is 29.1 Å². The first-order valence-electron chi connectivity index (χ1n) is 7.48. The van der Waals surface area contributed by atoms with Crippen LogP contribution in [0, 0.1) is 13.8 Å². The molecule has 1 amide bonds. The number of nitrogens with zero attached hydrogens (tertiary/aromatic N) is 1. The summed E-state index contributed by atoms with van der Waals surface area (Å²) in [5.41, 5.74) is 2.04. The maximum atomic E-state index is 12.1. The molecular formula is C17H20ClN3O2. The fourth-order valence-corrected chi connectivity index (χ4v) is 2.56. The Labute approximate surface area is 140 Å². The van der Waals surface area contributed by atoms with E-state index in [9.17, 15) is 9.59 Å². The Hall–Kier alpha value is -2.14. The Morgan fingerprint density at radius 1 is 1.30 bits per heavy atom. The van der Waals surface area contributed by atoms with Crippen molar-refractivity contribution in [3.63, 3.8) is 0 Å². The lowest BCUT2D eigenvalue weighted by molar-refractivity contribution is -0.121. The molecule has 0 radical (unpaired) electrons. The summed E-state index contributed by atoms with van der Waals surface area (Å²) < 4.78 is 0. The molecule has 122 valence electrons. The first kappa shape index (κ1) is 17.2. The average molecular weight is 334 g/mol. The highest BCUT2D eigenvalue weighted by Gasteiger charge is 2.12. The lowest BCUT2D eigenvalue weighted by atomic mass is 10.1. The van der Waals surface area contributed by atoms with E-state index in [-0.39, 0.29) is 23.9 Å². The van der Waals surface area contributed by atoms with Gasteiger partial charge in [0.1, 0.15) is 5.82 Å². The van der Waals surface area contributed by atoms with Crippen LogP contribution >= 0.6 is 11.6 Å². The Bertz CT molecular complexity index is 753. The van der Waals surface area contributed by atoms with Gasteiger partial charge in [-0.15, -0.1) is 0 Å².